The maximum Gasteiger partial charge on any atom is 0.253 e. The Balaban J connectivity index is 1.25. The van der Waals surface area contributed by atoms with Crippen molar-refractivity contribution in [3.8, 4) is 5.69 Å². The van der Waals surface area contributed by atoms with Crippen molar-refractivity contribution in [3.05, 3.63) is 82.7 Å². The number of thioether (sulfide) groups is 1. The lowest BCUT2D eigenvalue weighted by atomic mass is 10.1. The zero-order valence-corrected chi connectivity index (χ0v) is 19.3. The second kappa shape index (κ2) is 8.64. The molecular weight excluding hydrogens is 454 g/mol. The maximum atomic E-state index is 13.3. The molecule has 4 heterocycles. The largest absolute Gasteiger partial charge is 0.467 e. The molecule has 2 aliphatic rings. The Morgan fingerprint density at radius 1 is 1.09 bits per heavy atom. The van der Waals surface area contributed by atoms with Gasteiger partial charge in [-0.25, -0.2) is 5.01 Å². The Morgan fingerprint density at radius 2 is 1.97 bits per heavy atom. The number of amides is 1. The lowest BCUT2D eigenvalue weighted by Crippen LogP contribution is -2.28. The minimum absolute atomic E-state index is 0.0801. The average Bonchev–Trinajstić information content (AvgIpc) is 3.34. The van der Waals surface area contributed by atoms with E-state index in [0.717, 1.165) is 45.9 Å². The second-order valence-electron chi connectivity index (χ2n) is 8.07. The number of hydrogen-bond donors (Lipinski definition) is 0. The van der Waals surface area contributed by atoms with E-state index in [0.29, 0.717) is 12.3 Å². The topological polar surface area (TPSA) is 76.5 Å². The number of hydrogen-bond acceptors (Lipinski definition) is 7. The van der Waals surface area contributed by atoms with E-state index in [1.807, 2.05) is 60.0 Å². The van der Waals surface area contributed by atoms with Gasteiger partial charge in [0.25, 0.3) is 5.91 Å². The molecule has 0 radical (unpaired) electrons. The third kappa shape index (κ3) is 4.02. The van der Waals surface area contributed by atoms with E-state index >= 15 is 0 Å². The second-order valence-corrected chi connectivity index (χ2v) is 9.96. The van der Waals surface area contributed by atoms with Crippen LogP contribution in [0.15, 0.2) is 80.9 Å². The molecule has 1 aromatic carbocycles. The summed E-state index contributed by atoms with van der Waals surface area (Å²) in [6, 6.07) is 17.6. The van der Waals surface area contributed by atoms with Gasteiger partial charge in [-0.15, -0.1) is 21.5 Å². The van der Waals surface area contributed by atoms with Crippen LogP contribution in [-0.4, -0.2) is 37.1 Å². The van der Waals surface area contributed by atoms with Crippen LogP contribution in [0.5, 0.6) is 0 Å². The Kier molecular flexibility index (Phi) is 5.35. The predicted molar refractivity (Wildman–Crippen MR) is 128 cm³/mol. The van der Waals surface area contributed by atoms with Crippen molar-refractivity contribution >= 4 is 34.7 Å². The van der Waals surface area contributed by atoms with Crippen molar-refractivity contribution < 1.29 is 9.21 Å². The highest BCUT2D eigenvalue weighted by molar-refractivity contribution is 7.99. The fourth-order valence-corrected chi connectivity index (χ4v) is 5.56. The summed E-state index contributed by atoms with van der Waals surface area (Å²) in [4.78, 5) is 14.4. The van der Waals surface area contributed by atoms with Gasteiger partial charge in [0.15, 0.2) is 5.16 Å². The highest BCUT2D eigenvalue weighted by Crippen LogP contribution is 2.41. The molecule has 1 aliphatic heterocycles. The first kappa shape index (κ1) is 20.4. The van der Waals surface area contributed by atoms with Crippen molar-refractivity contribution in [3.63, 3.8) is 0 Å². The highest BCUT2D eigenvalue weighted by Gasteiger charge is 2.36. The Labute approximate surface area is 199 Å². The average molecular weight is 476 g/mol. The van der Waals surface area contributed by atoms with Gasteiger partial charge in [-0.05, 0) is 48.6 Å². The van der Waals surface area contributed by atoms with E-state index < -0.39 is 0 Å². The van der Waals surface area contributed by atoms with Crippen molar-refractivity contribution in [2.24, 2.45) is 5.10 Å². The highest BCUT2D eigenvalue weighted by atomic mass is 32.2. The molecule has 0 spiro atoms. The number of furan rings is 1. The summed E-state index contributed by atoms with van der Waals surface area (Å²) in [6.07, 6.45) is 4.54. The number of thiophene rings is 1. The zero-order valence-electron chi connectivity index (χ0n) is 17.7. The Bertz CT molecular complexity index is 1280. The molecular formula is C24H21N5O2S2. The number of carbonyl (C=O) groups is 1. The fourth-order valence-electron chi connectivity index (χ4n) is 4.03. The van der Waals surface area contributed by atoms with Crippen LogP contribution in [0.1, 0.15) is 47.7 Å². The molecule has 9 heteroatoms. The molecule has 4 aromatic rings. The summed E-state index contributed by atoms with van der Waals surface area (Å²) in [5.74, 6) is 2.30. The van der Waals surface area contributed by atoms with E-state index in [1.165, 1.54) is 11.8 Å². The van der Waals surface area contributed by atoms with Crippen molar-refractivity contribution in [2.45, 2.75) is 36.4 Å². The number of benzene rings is 1. The number of nitrogens with zero attached hydrogens (tertiary/aromatic N) is 5. The smallest absolute Gasteiger partial charge is 0.253 e. The SMILES string of the molecule is O=C(CSc1nnc(C2CC2)n1-c1ccccc1)N1N=C(c2cccs2)C[C@@H]1c1ccco1. The molecule has 7 nitrogen and oxygen atoms in total. The van der Waals surface area contributed by atoms with Crippen molar-refractivity contribution in [2.75, 3.05) is 5.75 Å². The maximum absolute atomic E-state index is 13.3. The summed E-state index contributed by atoms with van der Waals surface area (Å²) in [7, 11) is 0. The molecule has 1 fully saturated rings. The van der Waals surface area contributed by atoms with Gasteiger partial charge in [0.05, 0.1) is 22.6 Å². The Hall–Kier alpha value is -3.17. The minimum Gasteiger partial charge on any atom is -0.467 e. The molecule has 1 saturated carbocycles. The summed E-state index contributed by atoms with van der Waals surface area (Å²) in [6.45, 7) is 0. The van der Waals surface area contributed by atoms with Gasteiger partial charge in [0, 0.05) is 18.0 Å². The summed E-state index contributed by atoms with van der Waals surface area (Å²) < 4.78 is 7.73. The van der Waals surface area contributed by atoms with Gasteiger partial charge in [0.1, 0.15) is 17.6 Å². The molecule has 1 aliphatic carbocycles. The molecule has 0 unspecified atom stereocenters. The van der Waals surface area contributed by atoms with Crippen LogP contribution in [-0.2, 0) is 4.79 Å². The quantitative estimate of drug-likeness (QED) is 0.340. The zero-order chi connectivity index (χ0) is 22.2. The molecule has 1 amide bonds. The summed E-state index contributed by atoms with van der Waals surface area (Å²) >= 11 is 3.03. The van der Waals surface area contributed by atoms with Gasteiger partial charge >= 0.3 is 0 Å². The van der Waals surface area contributed by atoms with Gasteiger partial charge in [0.2, 0.25) is 0 Å². The van der Waals surface area contributed by atoms with Crippen LogP contribution in [0.25, 0.3) is 5.69 Å². The summed E-state index contributed by atoms with van der Waals surface area (Å²) in [5, 5.41) is 17.9. The van der Waals surface area contributed by atoms with Crippen LogP contribution in [0.3, 0.4) is 0 Å². The first-order valence-corrected chi connectivity index (χ1v) is 12.7. The van der Waals surface area contributed by atoms with Crippen molar-refractivity contribution in [1.29, 1.82) is 0 Å². The molecule has 1 atom stereocenters. The number of hydrazone groups is 1. The Morgan fingerprint density at radius 3 is 2.70 bits per heavy atom. The predicted octanol–water partition coefficient (Wildman–Crippen LogP) is 5.27. The van der Waals surface area contributed by atoms with Crippen LogP contribution in [0.4, 0.5) is 0 Å². The van der Waals surface area contributed by atoms with Gasteiger partial charge < -0.3 is 4.42 Å². The molecule has 6 rings (SSSR count). The van der Waals surface area contributed by atoms with Crippen LogP contribution < -0.4 is 0 Å². The molecule has 33 heavy (non-hydrogen) atoms. The third-order valence-corrected chi connectivity index (χ3v) is 7.62. The van der Waals surface area contributed by atoms with Crippen molar-refractivity contribution in [1.82, 2.24) is 19.8 Å². The van der Waals surface area contributed by atoms with Gasteiger partial charge in [-0.2, -0.15) is 5.10 Å². The number of aromatic nitrogens is 3. The number of para-hydroxylation sites is 1. The van der Waals surface area contributed by atoms with Gasteiger partial charge in [-0.3, -0.25) is 9.36 Å². The van der Waals surface area contributed by atoms with E-state index in [9.17, 15) is 4.79 Å². The van der Waals surface area contributed by atoms with E-state index in [2.05, 4.69) is 14.8 Å². The van der Waals surface area contributed by atoms with E-state index in [1.54, 1.807) is 22.6 Å². The van der Waals surface area contributed by atoms with E-state index in [4.69, 9.17) is 9.52 Å². The normalized spacial score (nSPS) is 18.0. The molecule has 0 N–H and O–H groups in total. The standard InChI is InChI=1S/C24H21N5O2S2/c30-22(29-19(20-8-4-12-31-20)14-18(27-29)21-9-5-13-32-21)15-33-24-26-25-23(16-10-11-16)28(24)17-6-2-1-3-7-17/h1-9,12-13,16,19H,10-11,14-15H2/t19-/m1/s1. The fraction of sp³-hybridized carbons (Fsp3) is 0.250. The van der Waals surface area contributed by atoms with Crippen LogP contribution in [0, 0.1) is 0 Å². The first-order valence-electron chi connectivity index (χ1n) is 10.9. The van der Waals surface area contributed by atoms with Crippen LogP contribution >= 0.6 is 23.1 Å². The number of carbonyl (C=O) groups excluding carboxylic acids is 1. The van der Waals surface area contributed by atoms with E-state index in [-0.39, 0.29) is 17.7 Å². The number of rotatable bonds is 7. The van der Waals surface area contributed by atoms with Gasteiger partial charge in [-0.1, -0.05) is 36.0 Å². The molecule has 0 bridgehead atoms. The minimum atomic E-state index is -0.237. The van der Waals surface area contributed by atoms with Crippen LogP contribution in [0.2, 0.25) is 0 Å². The monoisotopic (exact) mass is 475 g/mol. The lowest BCUT2D eigenvalue weighted by molar-refractivity contribution is -0.130. The molecule has 0 saturated heterocycles. The first-order chi connectivity index (χ1) is 16.3. The lowest BCUT2D eigenvalue weighted by Gasteiger charge is -2.19. The molecule has 3 aromatic heterocycles. The molecule has 166 valence electrons. The summed E-state index contributed by atoms with van der Waals surface area (Å²) in [5.41, 5.74) is 1.93. The third-order valence-electron chi connectivity index (χ3n) is 5.78.